The minimum Gasteiger partial charge on any atom is -0.382 e. The van der Waals surface area contributed by atoms with E-state index < -0.39 is 17.2 Å². The molecule has 0 fully saturated rings. The summed E-state index contributed by atoms with van der Waals surface area (Å²) in [6.07, 6.45) is 0. The fourth-order valence-electron chi connectivity index (χ4n) is 0.715. The molecule has 1 atom stereocenters. The Balaban J connectivity index is 2.69. The molecule has 1 N–H and O–H groups in total. The van der Waals surface area contributed by atoms with Gasteiger partial charge in [-0.05, 0) is 12.3 Å². The van der Waals surface area contributed by atoms with E-state index in [9.17, 15) is 9.00 Å². The van der Waals surface area contributed by atoms with Gasteiger partial charge < -0.3 is 4.18 Å². The van der Waals surface area contributed by atoms with Crippen LogP contribution in [0.4, 0.5) is 0 Å². The highest BCUT2D eigenvalue weighted by atomic mass is 35.5. The van der Waals surface area contributed by atoms with Crippen LogP contribution < -0.4 is 8.91 Å². The van der Waals surface area contributed by atoms with Crippen LogP contribution in [0.15, 0.2) is 5.38 Å². The van der Waals surface area contributed by atoms with Gasteiger partial charge in [-0.1, -0.05) is 11.6 Å². The lowest BCUT2D eigenvalue weighted by Gasteiger charge is -2.03. The SMILES string of the molecule is CC(=O)NS(=O)Oc1c(C)csc1Cl. The number of hydrogen-bond donors (Lipinski definition) is 1. The van der Waals surface area contributed by atoms with E-state index in [4.69, 9.17) is 15.8 Å². The maximum Gasteiger partial charge on any atom is 0.318 e. The fourth-order valence-corrected chi connectivity index (χ4v) is 2.47. The zero-order valence-corrected chi connectivity index (χ0v) is 9.89. The molecule has 0 aliphatic rings. The molecule has 0 saturated carbocycles. The van der Waals surface area contributed by atoms with Crippen molar-refractivity contribution >= 4 is 40.1 Å². The van der Waals surface area contributed by atoms with Crippen molar-refractivity contribution in [1.82, 2.24) is 4.72 Å². The van der Waals surface area contributed by atoms with Crippen LogP contribution in [-0.2, 0) is 16.1 Å². The lowest BCUT2D eigenvalue weighted by atomic mass is 10.4. The van der Waals surface area contributed by atoms with Crippen LogP contribution in [0, 0.1) is 6.92 Å². The first kappa shape index (κ1) is 11.5. The summed E-state index contributed by atoms with van der Waals surface area (Å²) in [5.41, 5.74) is 0.790. The third-order valence-corrected chi connectivity index (χ3v) is 3.34. The van der Waals surface area contributed by atoms with E-state index in [0.29, 0.717) is 10.1 Å². The van der Waals surface area contributed by atoms with Crippen LogP contribution in [0.3, 0.4) is 0 Å². The summed E-state index contributed by atoms with van der Waals surface area (Å²) in [6, 6.07) is 0. The Bertz CT molecular complexity index is 358. The van der Waals surface area contributed by atoms with Gasteiger partial charge in [0.2, 0.25) is 5.91 Å². The van der Waals surface area contributed by atoms with Gasteiger partial charge in [-0.15, -0.1) is 11.3 Å². The number of hydrogen-bond acceptors (Lipinski definition) is 4. The average Bonchev–Trinajstić information content (AvgIpc) is 2.34. The first-order valence-corrected chi connectivity index (χ1v) is 5.95. The van der Waals surface area contributed by atoms with E-state index in [2.05, 4.69) is 4.72 Å². The van der Waals surface area contributed by atoms with Crippen molar-refractivity contribution in [3.63, 3.8) is 0 Å². The summed E-state index contributed by atoms with van der Waals surface area (Å²) in [7, 11) is 0. The van der Waals surface area contributed by atoms with E-state index in [1.165, 1.54) is 18.3 Å². The maximum absolute atomic E-state index is 11.1. The van der Waals surface area contributed by atoms with Crippen LogP contribution in [0.2, 0.25) is 4.34 Å². The predicted molar refractivity (Wildman–Crippen MR) is 56.7 cm³/mol. The molecule has 14 heavy (non-hydrogen) atoms. The molecule has 0 radical (unpaired) electrons. The van der Waals surface area contributed by atoms with Crippen molar-refractivity contribution in [2.24, 2.45) is 0 Å². The second-order valence-corrected chi connectivity index (χ2v) is 4.82. The third kappa shape index (κ3) is 2.97. The number of carbonyl (C=O) groups excluding carboxylic acids is 1. The summed E-state index contributed by atoms with van der Waals surface area (Å²) < 4.78 is 18.6. The summed E-state index contributed by atoms with van der Waals surface area (Å²) in [6.45, 7) is 3.03. The Hall–Kier alpha value is -0.590. The summed E-state index contributed by atoms with van der Waals surface area (Å²) in [5, 5.41) is 1.78. The molecule has 1 amide bonds. The minimum atomic E-state index is -1.88. The number of carbonyl (C=O) groups is 1. The predicted octanol–water partition coefficient (Wildman–Crippen LogP) is 1.80. The lowest BCUT2D eigenvalue weighted by Crippen LogP contribution is -2.26. The quantitative estimate of drug-likeness (QED) is 0.894. The molecule has 1 aromatic heterocycles. The molecule has 0 aromatic carbocycles. The Morgan fingerprint density at radius 2 is 2.36 bits per heavy atom. The highest BCUT2D eigenvalue weighted by molar-refractivity contribution is 7.79. The topological polar surface area (TPSA) is 55.4 Å². The van der Waals surface area contributed by atoms with Crippen LogP contribution in [0.1, 0.15) is 12.5 Å². The van der Waals surface area contributed by atoms with Crippen LogP contribution >= 0.6 is 22.9 Å². The van der Waals surface area contributed by atoms with E-state index in [-0.39, 0.29) is 0 Å². The smallest absolute Gasteiger partial charge is 0.318 e. The van der Waals surface area contributed by atoms with Crippen molar-refractivity contribution in [2.75, 3.05) is 0 Å². The Morgan fingerprint density at radius 1 is 1.71 bits per heavy atom. The second kappa shape index (κ2) is 4.77. The zero-order chi connectivity index (χ0) is 10.7. The summed E-state index contributed by atoms with van der Waals surface area (Å²) in [4.78, 5) is 10.5. The van der Waals surface area contributed by atoms with Crippen molar-refractivity contribution in [3.05, 3.63) is 15.3 Å². The van der Waals surface area contributed by atoms with Gasteiger partial charge in [0.1, 0.15) is 4.34 Å². The van der Waals surface area contributed by atoms with Crippen LogP contribution in [-0.4, -0.2) is 10.1 Å². The minimum absolute atomic E-state index is 0.351. The number of halogens is 1. The summed E-state index contributed by atoms with van der Waals surface area (Å²) in [5.74, 6) is -0.0731. The van der Waals surface area contributed by atoms with Gasteiger partial charge in [-0.25, -0.2) is 4.72 Å². The monoisotopic (exact) mass is 253 g/mol. The second-order valence-electron chi connectivity index (χ2n) is 2.50. The number of rotatable bonds is 3. The van der Waals surface area contributed by atoms with Crippen molar-refractivity contribution < 1.29 is 13.2 Å². The van der Waals surface area contributed by atoms with Crippen molar-refractivity contribution in [3.8, 4) is 5.75 Å². The van der Waals surface area contributed by atoms with Gasteiger partial charge in [0.15, 0.2) is 5.75 Å². The summed E-state index contributed by atoms with van der Waals surface area (Å²) >= 11 is 5.18. The normalized spacial score (nSPS) is 12.2. The van der Waals surface area contributed by atoms with E-state index in [1.807, 2.05) is 0 Å². The molecule has 0 aliphatic carbocycles. The average molecular weight is 254 g/mol. The van der Waals surface area contributed by atoms with Gasteiger partial charge in [-0.2, -0.15) is 4.21 Å². The first-order valence-electron chi connectivity index (χ1n) is 3.61. The Morgan fingerprint density at radius 3 is 2.79 bits per heavy atom. The molecule has 78 valence electrons. The Kier molecular flexibility index (Phi) is 3.91. The third-order valence-electron chi connectivity index (χ3n) is 1.26. The largest absolute Gasteiger partial charge is 0.382 e. The number of nitrogens with one attached hydrogen (secondary N) is 1. The molecular weight excluding hydrogens is 246 g/mol. The van der Waals surface area contributed by atoms with E-state index in [0.717, 1.165) is 5.56 Å². The molecule has 0 aliphatic heterocycles. The van der Waals surface area contributed by atoms with Gasteiger partial charge in [0.05, 0.1) is 0 Å². The van der Waals surface area contributed by atoms with Gasteiger partial charge >= 0.3 is 11.3 Å². The van der Waals surface area contributed by atoms with Gasteiger partial charge in [-0.3, -0.25) is 4.79 Å². The molecular formula is C7H8ClNO3S2. The fraction of sp³-hybridized carbons (Fsp3) is 0.286. The Labute approximate surface area is 93.0 Å². The molecule has 7 heteroatoms. The van der Waals surface area contributed by atoms with Gasteiger partial charge in [0, 0.05) is 12.5 Å². The zero-order valence-electron chi connectivity index (χ0n) is 7.50. The van der Waals surface area contributed by atoms with E-state index >= 15 is 0 Å². The van der Waals surface area contributed by atoms with Crippen molar-refractivity contribution in [2.45, 2.75) is 13.8 Å². The molecule has 0 bridgehead atoms. The number of aryl methyl sites for hydroxylation is 1. The molecule has 1 rings (SSSR count). The molecule has 1 aromatic rings. The molecule has 1 heterocycles. The van der Waals surface area contributed by atoms with Crippen molar-refractivity contribution in [1.29, 1.82) is 0 Å². The molecule has 0 saturated heterocycles. The van der Waals surface area contributed by atoms with Crippen LogP contribution in [0.5, 0.6) is 5.75 Å². The number of thiophene rings is 1. The van der Waals surface area contributed by atoms with Gasteiger partial charge in [0.25, 0.3) is 0 Å². The van der Waals surface area contributed by atoms with Crippen LogP contribution in [0.25, 0.3) is 0 Å². The molecule has 0 spiro atoms. The van der Waals surface area contributed by atoms with E-state index in [1.54, 1.807) is 12.3 Å². The molecule has 4 nitrogen and oxygen atoms in total. The number of amides is 1. The standard InChI is InChI=1S/C7H8ClNO3S2/c1-4-3-13-7(8)6(4)12-14(11)9-5(2)10/h3H,1-2H3,(H,9,10). The lowest BCUT2D eigenvalue weighted by molar-refractivity contribution is -0.117. The molecule has 1 unspecified atom stereocenters. The highest BCUT2D eigenvalue weighted by Gasteiger charge is 2.12. The first-order chi connectivity index (χ1) is 6.50. The maximum atomic E-state index is 11.1. The highest BCUT2D eigenvalue weighted by Crippen LogP contribution is 2.34.